The summed E-state index contributed by atoms with van der Waals surface area (Å²) in [5.74, 6) is -2.59. The van der Waals surface area contributed by atoms with Crippen LogP contribution in [0.3, 0.4) is 0 Å². The number of alkyl halides is 6. The summed E-state index contributed by atoms with van der Waals surface area (Å²) in [4.78, 5) is 20.2. The summed E-state index contributed by atoms with van der Waals surface area (Å²) >= 11 is 0. The Labute approximate surface area is 122 Å². The first-order valence-electron chi connectivity index (χ1n) is 5.46. The molecular weight excluding hydrogens is 322 g/mol. The number of halogens is 6. The van der Waals surface area contributed by atoms with Gasteiger partial charge in [-0.3, -0.25) is 0 Å². The predicted molar refractivity (Wildman–Crippen MR) is 63.9 cm³/mol. The lowest BCUT2D eigenvalue weighted by Gasteiger charge is -2.21. The number of aliphatic carboxylic acids is 1. The largest absolute Gasteiger partial charge is 0.478 e. The van der Waals surface area contributed by atoms with Crippen molar-refractivity contribution in [1.29, 1.82) is 0 Å². The zero-order valence-electron chi connectivity index (χ0n) is 11.6. The monoisotopic (exact) mass is 336 g/mol. The lowest BCUT2D eigenvalue weighted by molar-refractivity contribution is -0.275. The van der Waals surface area contributed by atoms with Gasteiger partial charge in [0.15, 0.2) is 0 Å². The van der Waals surface area contributed by atoms with E-state index >= 15 is 0 Å². The van der Waals surface area contributed by atoms with E-state index in [4.69, 9.17) is 5.11 Å². The second kappa shape index (κ2) is 8.44. The van der Waals surface area contributed by atoms with Crippen molar-refractivity contribution < 1.29 is 45.8 Å². The van der Waals surface area contributed by atoms with Gasteiger partial charge in [-0.1, -0.05) is 13.2 Å². The van der Waals surface area contributed by atoms with Crippen LogP contribution in [0.1, 0.15) is 20.3 Å². The zero-order chi connectivity index (χ0) is 18.3. The molecule has 0 fully saturated rings. The molecule has 22 heavy (non-hydrogen) atoms. The minimum Gasteiger partial charge on any atom is -0.478 e. The molecule has 4 nitrogen and oxygen atoms in total. The average molecular weight is 336 g/mol. The summed E-state index contributed by atoms with van der Waals surface area (Å²) < 4.78 is 75.8. The first-order valence-corrected chi connectivity index (χ1v) is 5.46. The van der Waals surface area contributed by atoms with Crippen LogP contribution < -0.4 is 0 Å². The summed E-state index contributed by atoms with van der Waals surface area (Å²) in [5.41, 5.74) is -0.297. The maximum Gasteiger partial charge on any atom is 0.432 e. The Hall–Kier alpha value is -2.00. The van der Waals surface area contributed by atoms with Crippen LogP contribution in [0, 0.1) is 0 Å². The molecule has 10 heteroatoms. The quantitative estimate of drug-likeness (QED) is 0.473. The molecule has 0 radical (unpaired) electrons. The predicted octanol–water partition coefficient (Wildman–Crippen LogP) is 3.64. The molecule has 1 unspecified atom stereocenters. The van der Waals surface area contributed by atoms with Crippen LogP contribution in [-0.2, 0) is 14.3 Å². The lowest BCUT2D eigenvalue weighted by Crippen LogP contribution is -2.38. The third-order valence-electron chi connectivity index (χ3n) is 1.72. The van der Waals surface area contributed by atoms with E-state index in [1.165, 1.54) is 6.92 Å². The number of carbonyl (C=O) groups excluding carboxylic acids is 1. The van der Waals surface area contributed by atoms with Crippen LogP contribution >= 0.6 is 0 Å². The van der Waals surface area contributed by atoms with Crippen LogP contribution in [0.25, 0.3) is 0 Å². The summed E-state index contributed by atoms with van der Waals surface area (Å²) in [6.07, 6.45) is -16.0. The van der Waals surface area contributed by atoms with Gasteiger partial charge in [0, 0.05) is 11.1 Å². The van der Waals surface area contributed by atoms with Gasteiger partial charge in [-0.25, -0.2) is 14.0 Å². The molecule has 0 aromatic carbocycles. The second-order valence-corrected chi connectivity index (χ2v) is 4.10. The zero-order valence-corrected chi connectivity index (χ0v) is 11.6. The van der Waals surface area contributed by atoms with Gasteiger partial charge in [0.2, 0.25) is 6.17 Å². The molecule has 0 saturated heterocycles. The first kappa shape index (κ1) is 22.3. The van der Waals surface area contributed by atoms with Gasteiger partial charge in [0.25, 0.3) is 0 Å². The highest BCUT2D eigenvalue weighted by molar-refractivity contribution is 5.87. The molecule has 0 aromatic rings. The molecule has 1 atom stereocenters. The Morgan fingerprint density at radius 1 is 1.09 bits per heavy atom. The smallest absolute Gasteiger partial charge is 0.432 e. The van der Waals surface area contributed by atoms with E-state index in [1.807, 2.05) is 0 Å². The number of hydrogen-bond acceptors (Lipinski definition) is 3. The van der Waals surface area contributed by atoms with E-state index in [0.29, 0.717) is 0 Å². The molecule has 0 aliphatic rings. The molecule has 0 aliphatic carbocycles. The summed E-state index contributed by atoms with van der Waals surface area (Å²) in [5, 5.41) is 7.89. The molecular formula is C12H14F6O4. The Morgan fingerprint density at radius 2 is 1.45 bits per heavy atom. The molecule has 0 spiro atoms. The molecule has 1 N–H and O–H groups in total. The number of carboxylic acid groups (broad SMARTS) is 1. The molecule has 0 rings (SSSR count). The van der Waals surface area contributed by atoms with Crippen molar-refractivity contribution >= 4 is 11.9 Å². The van der Waals surface area contributed by atoms with Gasteiger partial charge in [0.05, 0.1) is 6.42 Å². The van der Waals surface area contributed by atoms with Crippen molar-refractivity contribution in [2.24, 2.45) is 0 Å². The van der Waals surface area contributed by atoms with Crippen molar-refractivity contribution in [2.45, 2.75) is 38.7 Å². The number of carbonyl (C=O) groups is 2. The standard InChI is InChI=1S/C8H8F6O2.C4H6O2/c1-4(2)6(15)16-8(13,14)5(9)3-7(10,11)12;1-3(2)4(5)6/h5H,1,3H2,2H3;1H2,2H3,(H,5,6). The SMILES string of the molecule is C=C(C)C(=O)O.C=C(C)C(=O)OC(F)(F)C(F)CC(F)(F)F. The van der Waals surface area contributed by atoms with Crippen molar-refractivity contribution in [3.63, 3.8) is 0 Å². The fraction of sp³-hybridized carbons (Fsp3) is 0.500. The van der Waals surface area contributed by atoms with E-state index in [0.717, 1.165) is 6.92 Å². The maximum absolute atomic E-state index is 12.6. The Morgan fingerprint density at radius 3 is 1.68 bits per heavy atom. The molecule has 0 bridgehead atoms. The van der Waals surface area contributed by atoms with Crippen molar-refractivity contribution in [3.8, 4) is 0 Å². The number of carboxylic acids is 1. The summed E-state index contributed by atoms with van der Waals surface area (Å²) in [6.45, 7) is 8.52. The van der Waals surface area contributed by atoms with Crippen molar-refractivity contribution in [1.82, 2.24) is 0 Å². The van der Waals surface area contributed by atoms with Crippen molar-refractivity contribution in [2.75, 3.05) is 0 Å². The second-order valence-electron chi connectivity index (χ2n) is 4.10. The summed E-state index contributed by atoms with van der Waals surface area (Å²) in [6, 6.07) is 0. The third kappa shape index (κ3) is 10.7. The molecule has 0 amide bonds. The van der Waals surface area contributed by atoms with Crippen LogP contribution in [0.2, 0.25) is 0 Å². The Kier molecular flexibility index (Phi) is 8.55. The van der Waals surface area contributed by atoms with Gasteiger partial charge in [0.1, 0.15) is 0 Å². The highest BCUT2D eigenvalue weighted by Crippen LogP contribution is 2.33. The number of ether oxygens (including phenoxy) is 1. The highest BCUT2D eigenvalue weighted by atomic mass is 19.4. The van der Waals surface area contributed by atoms with E-state index in [1.54, 1.807) is 0 Å². The number of hydrogen-bond donors (Lipinski definition) is 1. The Bertz CT molecular complexity index is 429. The van der Waals surface area contributed by atoms with Gasteiger partial charge in [-0.05, 0) is 13.8 Å². The van der Waals surface area contributed by atoms with Crippen LogP contribution in [0.5, 0.6) is 0 Å². The third-order valence-corrected chi connectivity index (χ3v) is 1.72. The van der Waals surface area contributed by atoms with E-state index < -0.39 is 42.4 Å². The van der Waals surface area contributed by atoms with Crippen LogP contribution in [0.4, 0.5) is 26.3 Å². The minimum absolute atomic E-state index is 0.176. The molecule has 0 saturated carbocycles. The Balaban J connectivity index is 0. The topological polar surface area (TPSA) is 63.6 Å². The fourth-order valence-electron chi connectivity index (χ4n) is 0.597. The first-order chi connectivity index (χ1) is 9.60. The average Bonchev–Trinajstić information content (AvgIpc) is 2.26. The van der Waals surface area contributed by atoms with Gasteiger partial charge in [-0.2, -0.15) is 22.0 Å². The normalized spacial score (nSPS) is 12.5. The molecule has 128 valence electrons. The van der Waals surface area contributed by atoms with Crippen LogP contribution in [-0.4, -0.2) is 35.5 Å². The molecule has 0 heterocycles. The van der Waals surface area contributed by atoms with Gasteiger partial charge >= 0.3 is 24.2 Å². The van der Waals surface area contributed by atoms with Crippen LogP contribution in [0.15, 0.2) is 24.3 Å². The maximum atomic E-state index is 12.6. The fourth-order valence-corrected chi connectivity index (χ4v) is 0.597. The van der Waals surface area contributed by atoms with E-state index in [9.17, 15) is 35.9 Å². The number of rotatable bonds is 5. The number of esters is 1. The van der Waals surface area contributed by atoms with Crippen molar-refractivity contribution in [3.05, 3.63) is 24.3 Å². The summed E-state index contributed by atoms with van der Waals surface area (Å²) in [7, 11) is 0. The highest BCUT2D eigenvalue weighted by Gasteiger charge is 2.50. The molecule has 0 aliphatic heterocycles. The van der Waals surface area contributed by atoms with E-state index in [-0.39, 0.29) is 5.57 Å². The van der Waals surface area contributed by atoms with Gasteiger partial charge in [-0.15, -0.1) is 0 Å². The molecule has 0 aromatic heterocycles. The minimum atomic E-state index is -5.11. The van der Waals surface area contributed by atoms with Gasteiger partial charge < -0.3 is 9.84 Å². The lowest BCUT2D eigenvalue weighted by atomic mass is 10.2. The van der Waals surface area contributed by atoms with E-state index in [2.05, 4.69) is 17.9 Å².